The number of hydrogen-bond donors (Lipinski definition) is 1. The van der Waals surface area contributed by atoms with Crippen LogP contribution in [0.15, 0.2) is 0 Å². The molecule has 2 nitrogen and oxygen atoms in total. The first-order valence-corrected chi connectivity index (χ1v) is 4.07. The van der Waals surface area contributed by atoms with Gasteiger partial charge < -0.3 is 9.84 Å². The first-order chi connectivity index (χ1) is 4.74. The highest BCUT2D eigenvalue weighted by Crippen LogP contribution is 2.22. The second kappa shape index (κ2) is 3.35. The Morgan fingerprint density at radius 3 is 2.70 bits per heavy atom. The van der Waals surface area contributed by atoms with Crippen LogP contribution in [0, 0.1) is 0 Å². The lowest BCUT2D eigenvalue weighted by molar-refractivity contribution is 0.0193. The minimum absolute atomic E-state index is 0.0524. The van der Waals surface area contributed by atoms with Crippen LogP contribution in [0.4, 0.5) is 0 Å². The fourth-order valence-corrected chi connectivity index (χ4v) is 1.42. The van der Waals surface area contributed by atoms with Gasteiger partial charge in [-0.15, -0.1) is 0 Å². The summed E-state index contributed by atoms with van der Waals surface area (Å²) in [6.07, 6.45) is 3.20. The topological polar surface area (TPSA) is 29.5 Å². The Morgan fingerprint density at radius 1 is 1.60 bits per heavy atom. The molecule has 3 atom stereocenters. The van der Waals surface area contributed by atoms with Crippen molar-refractivity contribution >= 4 is 0 Å². The molecule has 2 heteroatoms. The molecule has 1 N–H and O–H groups in total. The van der Waals surface area contributed by atoms with Gasteiger partial charge in [-0.25, -0.2) is 0 Å². The lowest BCUT2D eigenvalue weighted by Crippen LogP contribution is -2.15. The fourth-order valence-electron chi connectivity index (χ4n) is 1.42. The predicted molar refractivity (Wildman–Crippen MR) is 39.9 cm³/mol. The maximum Gasteiger partial charge on any atom is 0.0823 e. The first-order valence-electron chi connectivity index (χ1n) is 4.07. The van der Waals surface area contributed by atoms with Crippen LogP contribution in [-0.2, 0) is 4.74 Å². The van der Waals surface area contributed by atoms with E-state index < -0.39 is 0 Å². The molecule has 0 spiro atoms. The van der Waals surface area contributed by atoms with Crippen LogP contribution in [-0.4, -0.2) is 23.4 Å². The Morgan fingerprint density at radius 2 is 2.30 bits per heavy atom. The minimum Gasteiger partial charge on any atom is -0.390 e. The van der Waals surface area contributed by atoms with E-state index in [-0.39, 0.29) is 12.2 Å². The van der Waals surface area contributed by atoms with Gasteiger partial charge in [-0.05, 0) is 13.3 Å². The van der Waals surface area contributed by atoms with Crippen molar-refractivity contribution in [3.8, 4) is 0 Å². The van der Waals surface area contributed by atoms with Gasteiger partial charge >= 0.3 is 0 Å². The summed E-state index contributed by atoms with van der Waals surface area (Å²) < 4.78 is 5.46. The summed E-state index contributed by atoms with van der Waals surface area (Å²) in [4.78, 5) is 0. The summed E-state index contributed by atoms with van der Waals surface area (Å²) >= 11 is 0. The van der Waals surface area contributed by atoms with Crippen molar-refractivity contribution < 1.29 is 9.84 Å². The summed E-state index contributed by atoms with van der Waals surface area (Å²) in [5, 5.41) is 9.27. The van der Waals surface area contributed by atoms with Crippen LogP contribution >= 0.6 is 0 Å². The molecule has 1 heterocycles. The molecule has 0 amide bonds. The highest BCUT2D eigenvalue weighted by atomic mass is 16.5. The summed E-state index contributed by atoms with van der Waals surface area (Å²) in [5.41, 5.74) is 0. The number of hydrogen-bond acceptors (Lipinski definition) is 2. The second-order valence-electron chi connectivity index (χ2n) is 3.05. The normalized spacial score (nSPS) is 40.5. The molecule has 0 aromatic heterocycles. The molecular formula is C8H16O2. The summed E-state index contributed by atoms with van der Waals surface area (Å²) in [5.74, 6) is 0. The van der Waals surface area contributed by atoms with Gasteiger partial charge in [0.1, 0.15) is 0 Å². The van der Waals surface area contributed by atoms with Crippen LogP contribution in [0.5, 0.6) is 0 Å². The first kappa shape index (κ1) is 8.02. The Balaban J connectivity index is 2.27. The Bertz CT molecular complexity index is 93.4. The maximum atomic E-state index is 9.27. The zero-order valence-corrected chi connectivity index (χ0v) is 6.71. The van der Waals surface area contributed by atoms with Crippen molar-refractivity contribution in [2.75, 3.05) is 0 Å². The van der Waals surface area contributed by atoms with Crippen LogP contribution in [0.25, 0.3) is 0 Å². The Kier molecular flexibility index (Phi) is 2.69. The van der Waals surface area contributed by atoms with Crippen LogP contribution < -0.4 is 0 Å². The van der Waals surface area contributed by atoms with Crippen LogP contribution in [0.2, 0.25) is 0 Å². The van der Waals surface area contributed by atoms with E-state index in [0.29, 0.717) is 6.10 Å². The standard InChI is InChI=1S/C8H16O2/c1-3-4-7-5-8(9)6(2)10-7/h6-9H,3-5H2,1-2H3. The monoisotopic (exact) mass is 144 g/mol. The smallest absolute Gasteiger partial charge is 0.0823 e. The third-order valence-corrected chi connectivity index (χ3v) is 2.06. The van der Waals surface area contributed by atoms with E-state index in [2.05, 4.69) is 6.92 Å². The van der Waals surface area contributed by atoms with E-state index in [0.717, 1.165) is 19.3 Å². The number of ether oxygens (including phenoxy) is 1. The van der Waals surface area contributed by atoms with Crippen molar-refractivity contribution in [1.29, 1.82) is 0 Å². The summed E-state index contributed by atoms with van der Waals surface area (Å²) in [7, 11) is 0. The summed E-state index contributed by atoms with van der Waals surface area (Å²) in [6.45, 7) is 4.07. The van der Waals surface area contributed by atoms with Crippen LogP contribution in [0.1, 0.15) is 33.1 Å². The van der Waals surface area contributed by atoms with E-state index >= 15 is 0 Å². The number of aliphatic hydroxyl groups is 1. The second-order valence-corrected chi connectivity index (χ2v) is 3.05. The molecule has 1 aliphatic rings. The third-order valence-electron chi connectivity index (χ3n) is 2.06. The van der Waals surface area contributed by atoms with Gasteiger partial charge in [0.15, 0.2) is 0 Å². The molecule has 1 saturated heterocycles. The van der Waals surface area contributed by atoms with Gasteiger partial charge in [0.05, 0.1) is 18.3 Å². The lowest BCUT2D eigenvalue weighted by atomic mass is 10.1. The van der Waals surface area contributed by atoms with E-state index in [1.165, 1.54) is 0 Å². The molecule has 1 fully saturated rings. The molecule has 1 aliphatic heterocycles. The zero-order valence-electron chi connectivity index (χ0n) is 6.71. The minimum atomic E-state index is -0.225. The van der Waals surface area contributed by atoms with Crippen molar-refractivity contribution in [3.05, 3.63) is 0 Å². The summed E-state index contributed by atoms with van der Waals surface area (Å²) in [6, 6.07) is 0. The molecule has 0 aromatic rings. The quantitative estimate of drug-likeness (QED) is 0.633. The van der Waals surface area contributed by atoms with Gasteiger partial charge in [-0.1, -0.05) is 13.3 Å². The number of rotatable bonds is 2. The predicted octanol–water partition coefficient (Wildman–Crippen LogP) is 1.32. The zero-order chi connectivity index (χ0) is 7.56. The van der Waals surface area contributed by atoms with E-state index in [1.54, 1.807) is 0 Å². The third kappa shape index (κ3) is 1.70. The van der Waals surface area contributed by atoms with Gasteiger partial charge in [0.25, 0.3) is 0 Å². The molecule has 0 radical (unpaired) electrons. The molecule has 10 heavy (non-hydrogen) atoms. The molecule has 3 unspecified atom stereocenters. The van der Waals surface area contributed by atoms with Gasteiger partial charge in [0.2, 0.25) is 0 Å². The van der Waals surface area contributed by atoms with Crippen molar-refractivity contribution in [2.45, 2.75) is 51.4 Å². The highest BCUT2D eigenvalue weighted by Gasteiger charge is 2.29. The molecular weight excluding hydrogens is 128 g/mol. The van der Waals surface area contributed by atoms with Gasteiger partial charge in [-0.3, -0.25) is 0 Å². The number of aliphatic hydroxyl groups excluding tert-OH is 1. The van der Waals surface area contributed by atoms with Crippen molar-refractivity contribution in [1.82, 2.24) is 0 Å². The van der Waals surface area contributed by atoms with Gasteiger partial charge in [-0.2, -0.15) is 0 Å². The average molecular weight is 144 g/mol. The van der Waals surface area contributed by atoms with E-state index in [1.807, 2.05) is 6.92 Å². The molecule has 1 rings (SSSR count). The molecule has 0 saturated carbocycles. The fraction of sp³-hybridized carbons (Fsp3) is 1.00. The molecule has 0 aliphatic carbocycles. The van der Waals surface area contributed by atoms with Gasteiger partial charge in [0, 0.05) is 6.42 Å². The SMILES string of the molecule is CCCC1CC(O)C(C)O1. The Labute approximate surface area is 62.2 Å². The van der Waals surface area contributed by atoms with E-state index in [9.17, 15) is 5.11 Å². The molecule has 0 bridgehead atoms. The molecule has 0 aromatic carbocycles. The van der Waals surface area contributed by atoms with E-state index in [4.69, 9.17) is 4.74 Å². The highest BCUT2D eigenvalue weighted by molar-refractivity contribution is 4.78. The van der Waals surface area contributed by atoms with Crippen LogP contribution in [0.3, 0.4) is 0 Å². The van der Waals surface area contributed by atoms with Crippen molar-refractivity contribution in [2.24, 2.45) is 0 Å². The molecule has 60 valence electrons. The Hall–Kier alpha value is -0.0800. The average Bonchev–Trinajstić information content (AvgIpc) is 2.14. The lowest BCUT2D eigenvalue weighted by Gasteiger charge is -2.07. The van der Waals surface area contributed by atoms with Crippen molar-refractivity contribution in [3.63, 3.8) is 0 Å². The largest absolute Gasteiger partial charge is 0.390 e. The maximum absolute atomic E-state index is 9.27.